The van der Waals surface area contributed by atoms with Gasteiger partial charge in [0.1, 0.15) is 11.6 Å². The van der Waals surface area contributed by atoms with Crippen molar-refractivity contribution in [3.63, 3.8) is 0 Å². The van der Waals surface area contributed by atoms with E-state index < -0.39 is 23.6 Å². The Balaban J connectivity index is 1.90. The molecule has 26 heavy (non-hydrogen) atoms. The van der Waals surface area contributed by atoms with E-state index in [4.69, 9.17) is 16.3 Å². The molecule has 1 saturated heterocycles. The maximum atomic E-state index is 13.6. The molecule has 0 saturated carbocycles. The number of likely N-dealkylation sites (tertiary alicyclic amines) is 1. The molecule has 2 aromatic carbocycles. The van der Waals surface area contributed by atoms with Crippen molar-refractivity contribution in [2.75, 3.05) is 20.2 Å². The number of carboxylic acids is 1. The molecule has 0 aromatic heterocycles. The normalized spacial score (nSPS) is 19.4. The molecule has 0 radical (unpaired) electrons. The van der Waals surface area contributed by atoms with Crippen molar-refractivity contribution < 1.29 is 23.8 Å². The third-order valence-electron chi connectivity index (χ3n) is 4.61. The van der Waals surface area contributed by atoms with Gasteiger partial charge in [0.25, 0.3) is 5.91 Å². The number of carboxylic acid groups (broad SMARTS) is 1. The maximum absolute atomic E-state index is 13.6. The molecule has 1 aliphatic rings. The summed E-state index contributed by atoms with van der Waals surface area (Å²) in [6.45, 7) is 0.262. The van der Waals surface area contributed by atoms with Crippen LogP contribution in [0.5, 0.6) is 5.75 Å². The quantitative estimate of drug-likeness (QED) is 0.886. The van der Waals surface area contributed by atoms with E-state index in [1.807, 2.05) is 0 Å². The Bertz CT molecular complexity index is 840. The van der Waals surface area contributed by atoms with Crippen LogP contribution >= 0.6 is 11.6 Å². The fraction of sp³-hybridized carbons (Fsp3) is 0.263. The van der Waals surface area contributed by atoms with Crippen molar-refractivity contribution in [1.29, 1.82) is 0 Å². The minimum Gasteiger partial charge on any atom is -0.496 e. The summed E-state index contributed by atoms with van der Waals surface area (Å²) in [6, 6.07) is 10.6. The average molecular weight is 378 g/mol. The molecule has 1 heterocycles. The van der Waals surface area contributed by atoms with Crippen LogP contribution in [0.3, 0.4) is 0 Å². The van der Waals surface area contributed by atoms with Crippen molar-refractivity contribution >= 4 is 23.5 Å². The minimum absolute atomic E-state index is 0.0428. The zero-order valence-electron chi connectivity index (χ0n) is 14.0. The molecule has 1 N–H and O–H groups in total. The second-order valence-electron chi connectivity index (χ2n) is 6.16. The van der Waals surface area contributed by atoms with Crippen LogP contribution in [0.15, 0.2) is 42.5 Å². The lowest BCUT2D eigenvalue weighted by atomic mass is 9.89. The number of nitrogens with zero attached hydrogens (tertiary/aromatic N) is 1. The predicted octanol–water partition coefficient (Wildman–Crippen LogP) is 3.43. The van der Waals surface area contributed by atoms with E-state index in [0.717, 1.165) is 11.6 Å². The van der Waals surface area contributed by atoms with Crippen molar-refractivity contribution in [3.05, 3.63) is 64.4 Å². The highest BCUT2D eigenvalue weighted by atomic mass is 35.5. The molecular weight excluding hydrogens is 361 g/mol. The van der Waals surface area contributed by atoms with Crippen LogP contribution in [0.1, 0.15) is 21.8 Å². The summed E-state index contributed by atoms with van der Waals surface area (Å²) < 4.78 is 18.7. The number of ether oxygens (including phenoxy) is 1. The molecule has 2 aromatic rings. The third-order valence-corrected chi connectivity index (χ3v) is 4.87. The van der Waals surface area contributed by atoms with Crippen LogP contribution in [-0.4, -0.2) is 42.1 Å². The Kier molecular flexibility index (Phi) is 5.13. The molecule has 2 atom stereocenters. The van der Waals surface area contributed by atoms with Gasteiger partial charge in [-0.1, -0.05) is 23.7 Å². The molecule has 136 valence electrons. The number of methoxy groups -OCH3 is 1. The van der Waals surface area contributed by atoms with Gasteiger partial charge in [0.2, 0.25) is 0 Å². The van der Waals surface area contributed by atoms with E-state index in [-0.39, 0.29) is 30.3 Å². The van der Waals surface area contributed by atoms with Gasteiger partial charge in [-0.25, -0.2) is 4.39 Å². The van der Waals surface area contributed by atoms with Gasteiger partial charge >= 0.3 is 5.97 Å². The largest absolute Gasteiger partial charge is 0.496 e. The third kappa shape index (κ3) is 3.51. The van der Waals surface area contributed by atoms with Crippen molar-refractivity contribution in [3.8, 4) is 5.75 Å². The molecule has 0 unspecified atom stereocenters. The summed E-state index contributed by atoms with van der Waals surface area (Å²) in [5.74, 6) is -2.86. The summed E-state index contributed by atoms with van der Waals surface area (Å²) in [4.78, 5) is 26.0. The van der Waals surface area contributed by atoms with Gasteiger partial charge in [-0.3, -0.25) is 9.59 Å². The number of benzene rings is 2. The van der Waals surface area contributed by atoms with Crippen LogP contribution < -0.4 is 4.74 Å². The maximum Gasteiger partial charge on any atom is 0.308 e. The van der Waals surface area contributed by atoms with Crippen LogP contribution in [0.4, 0.5) is 4.39 Å². The number of amides is 1. The summed E-state index contributed by atoms with van der Waals surface area (Å²) in [5.41, 5.74) is 0.872. The molecule has 0 aliphatic carbocycles. The topological polar surface area (TPSA) is 66.8 Å². The lowest BCUT2D eigenvalue weighted by Gasteiger charge is -2.18. The SMILES string of the molecule is COc1ccc(F)cc1C(=O)N1C[C@@H](C(=O)O)[C@H](c2ccc(Cl)cc2)C1. The van der Waals surface area contributed by atoms with E-state index in [2.05, 4.69) is 0 Å². The van der Waals surface area contributed by atoms with Gasteiger partial charge in [0.15, 0.2) is 0 Å². The number of aliphatic carboxylic acids is 1. The van der Waals surface area contributed by atoms with E-state index in [9.17, 15) is 19.1 Å². The molecule has 1 fully saturated rings. The van der Waals surface area contributed by atoms with E-state index >= 15 is 0 Å². The molecule has 5 nitrogen and oxygen atoms in total. The van der Waals surface area contributed by atoms with E-state index in [1.165, 1.54) is 24.1 Å². The predicted molar refractivity (Wildman–Crippen MR) is 94.2 cm³/mol. The second kappa shape index (κ2) is 7.33. The minimum atomic E-state index is -0.980. The van der Waals surface area contributed by atoms with Crippen LogP contribution in [0.2, 0.25) is 5.02 Å². The zero-order valence-corrected chi connectivity index (χ0v) is 14.7. The zero-order chi connectivity index (χ0) is 18.8. The summed E-state index contributed by atoms with van der Waals surface area (Å²) in [6.07, 6.45) is 0. The number of carbonyl (C=O) groups excluding carboxylic acids is 1. The smallest absolute Gasteiger partial charge is 0.308 e. The Morgan fingerprint density at radius 3 is 2.50 bits per heavy atom. The Morgan fingerprint density at radius 1 is 1.19 bits per heavy atom. The van der Waals surface area contributed by atoms with Gasteiger partial charge in [-0.15, -0.1) is 0 Å². The van der Waals surface area contributed by atoms with Gasteiger partial charge in [0.05, 0.1) is 18.6 Å². The summed E-state index contributed by atoms with van der Waals surface area (Å²) in [5, 5.41) is 10.1. The molecule has 3 rings (SSSR count). The fourth-order valence-electron chi connectivity index (χ4n) is 3.29. The van der Waals surface area contributed by atoms with Gasteiger partial charge in [-0.05, 0) is 35.9 Å². The van der Waals surface area contributed by atoms with E-state index in [1.54, 1.807) is 24.3 Å². The molecule has 0 bridgehead atoms. The number of hydrogen-bond donors (Lipinski definition) is 1. The molecule has 1 aliphatic heterocycles. The lowest BCUT2D eigenvalue weighted by molar-refractivity contribution is -0.141. The highest BCUT2D eigenvalue weighted by Gasteiger charge is 2.41. The monoisotopic (exact) mass is 377 g/mol. The Morgan fingerprint density at radius 2 is 1.88 bits per heavy atom. The van der Waals surface area contributed by atoms with Crippen LogP contribution in [-0.2, 0) is 4.79 Å². The average Bonchev–Trinajstić information content (AvgIpc) is 3.07. The number of halogens is 2. The molecule has 7 heteroatoms. The molecular formula is C19H17ClFNO4. The first-order valence-corrected chi connectivity index (χ1v) is 8.39. The van der Waals surface area contributed by atoms with Gasteiger partial charge in [-0.2, -0.15) is 0 Å². The summed E-state index contributed by atoms with van der Waals surface area (Å²) >= 11 is 5.89. The highest BCUT2D eigenvalue weighted by Crippen LogP contribution is 2.35. The Hall–Kier alpha value is -2.60. The first kappa shape index (κ1) is 18.2. The van der Waals surface area contributed by atoms with Crippen LogP contribution in [0.25, 0.3) is 0 Å². The van der Waals surface area contributed by atoms with Gasteiger partial charge < -0.3 is 14.7 Å². The van der Waals surface area contributed by atoms with Crippen molar-refractivity contribution in [2.45, 2.75) is 5.92 Å². The first-order chi connectivity index (χ1) is 12.4. The standard InChI is InChI=1S/C19H17ClFNO4/c1-26-17-7-6-13(21)8-14(17)18(23)22-9-15(16(10-22)19(24)25)11-2-4-12(20)5-3-11/h2-8,15-16H,9-10H2,1H3,(H,24,25)/t15-,16+/m0/s1. The van der Waals surface area contributed by atoms with Gasteiger partial charge in [0, 0.05) is 24.0 Å². The van der Waals surface area contributed by atoms with E-state index in [0.29, 0.717) is 5.02 Å². The highest BCUT2D eigenvalue weighted by molar-refractivity contribution is 6.30. The number of hydrogen-bond acceptors (Lipinski definition) is 3. The Labute approximate surface area is 154 Å². The number of rotatable bonds is 4. The van der Waals surface area contributed by atoms with Crippen molar-refractivity contribution in [1.82, 2.24) is 4.90 Å². The first-order valence-electron chi connectivity index (χ1n) is 8.01. The summed E-state index contributed by atoms with van der Waals surface area (Å²) in [7, 11) is 1.39. The van der Waals surface area contributed by atoms with Crippen LogP contribution in [0, 0.1) is 11.7 Å². The fourth-order valence-corrected chi connectivity index (χ4v) is 3.41. The molecule has 0 spiro atoms. The lowest BCUT2D eigenvalue weighted by Crippen LogP contribution is -2.30. The second-order valence-corrected chi connectivity index (χ2v) is 6.59. The molecule has 1 amide bonds. The van der Waals surface area contributed by atoms with Crippen molar-refractivity contribution in [2.24, 2.45) is 5.92 Å². The number of carbonyl (C=O) groups is 2.